The number of rotatable bonds is 2. The maximum Gasteiger partial charge on any atom is 0.257 e. The topological polar surface area (TPSA) is 43.1 Å². The molecule has 0 saturated heterocycles. The van der Waals surface area contributed by atoms with E-state index in [1.165, 1.54) is 5.69 Å². The van der Waals surface area contributed by atoms with E-state index < -0.39 is 0 Å². The van der Waals surface area contributed by atoms with E-state index >= 15 is 0 Å². The van der Waals surface area contributed by atoms with Gasteiger partial charge in [-0.25, -0.2) is 0 Å². The van der Waals surface area contributed by atoms with Gasteiger partial charge < -0.3 is 9.47 Å². The fourth-order valence-corrected chi connectivity index (χ4v) is 3.04. The minimum atomic E-state index is 0.0734. The third kappa shape index (κ3) is 2.03. The van der Waals surface area contributed by atoms with E-state index in [-0.39, 0.29) is 11.9 Å². The predicted molar refractivity (Wildman–Crippen MR) is 76.3 cm³/mol. The summed E-state index contributed by atoms with van der Waals surface area (Å²) in [4.78, 5) is 14.7. The standard InChI is InChI=1S/C15H20N4O/c1-11(2)14-13-5-4-6-18(13)7-8-19(14)15(20)12-9-16-17(3)10-12/h4-6,9-11,14H,7-8H2,1-3H3. The Morgan fingerprint density at radius 2 is 2.20 bits per heavy atom. The fourth-order valence-electron chi connectivity index (χ4n) is 3.04. The van der Waals surface area contributed by atoms with Crippen molar-refractivity contribution in [1.29, 1.82) is 0 Å². The van der Waals surface area contributed by atoms with Crippen molar-refractivity contribution in [3.63, 3.8) is 0 Å². The van der Waals surface area contributed by atoms with Crippen molar-refractivity contribution < 1.29 is 4.79 Å². The highest BCUT2D eigenvalue weighted by molar-refractivity contribution is 5.94. The summed E-state index contributed by atoms with van der Waals surface area (Å²) in [7, 11) is 1.83. The normalized spacial score (nSPS) is 18.4. The molecule has 1 aliphatic heterocycles. The largest absolute Gasteiger partial charge is 0.348 e. The van der Waals surface area contributed by atoms with E-state index in [0.717, 1.165) is 13.1 Å². The van der Waals surface area contributed by atoms with Crippen LogP contribution in [0.5, 0.6) is 0 Å². The molecule has 5 nitrogen and oxygen atoms in total. The molecule has 0 fully saturated rings. The van der Waals surface area contributed by atoms with Crippen LogP contribution in [0.4, 0.5) is 0 Å². The van der Waals surface area contributed by atoms with Crippen LogP contribution in [0, 0.1) is 5.92 Å². The molecule has 3 rings (SSSR count). The maximum atomic E-state index is 12.7. The highest BCUT2D eigenvalue weighted by Gasteiger charge is 2.33. The van der Waals surface area contributed by atoms with Gasteiger partial charge in [0.15, 0.2) is 0 Å². The molecule has 20 heavy (non-hydrogen) atoms. The molecule has 0 bridgehead atoms. The molecule has 0 radical (unpaired) electrons. The quantitative estimate of drug-likeness (QED) is 0.840. The number of hydrogen-bond donors (Lipinski definition) is 0. The van der Waals surface area contributed by atoms with Gasteiger partial charge in [-0.1, -0.05) is 13.8 Å². The summed E-state index contributed by atoms with van der Waals surface area (Å²) in [6.45, 7) is 5.93. The molecular weight excluding hydrogens is 252 g/mol. The number of aryl methyl sites for hydroxylation is 1. The lowest BCUT2D eigenvalue weighted by Crippen LogP contribution is -2.43. The lowest BCUT2D eigenvalue weighted by atomic mass is 9.96. The third-order valence-corrected chi connectivity index (χ3v) is 3.93. The van der Waals surface area contributed by atoms with Crippen LogP contribution in [0.25, 0.3) is 0 Å². The minimum absolute atomic E-state index is 0.0734. The summed E-state index contributed by atoms with van der Waals surface area (Å²) in [5.41, 5.74) is 1.89. The first-order valence-corrected chi connectivity index (χ1v) is 7.02. The van der Waals surface area contributed by atoms with Crippen molar-refractivity contribution in [1.82, 2.24) is 19.2 Å². The average Bonchev–Trinajstić information content (AvgIpc) is 3.04. The van der Waals surface area contributed by atoms with Crippen LogP contribution in [-0.4, -0.2) is 31.7 Å². The molecule has 1 amide bonds. The molecule has 0 N–H and O–H groups in total. The first-order valence-electron chi connectivity index (χ1n) is 7.02. The molecule has 5 heteroatoms. The Balaban J connectivity index is 1.95. The molecule has 1 unspecified atom stereocenters. The van der Waals surface area contributed by atoms with Crippen molar-refractivity contribution in [2.45, 2.75) is 26.4 Å². The Kier molecular flexibility index (Phi) is 3.12. The highest BCUT2D eigenvalue weighted by atomic mass is 16.2. The van der Waals surface area contributed by atoms with E-state index in [1.54, 1.807) is 17.1 Å². The van der Waals surface area contributed by atoms with Crippen molar-refractivity contribution in [2.24, 2.45) is 13.0 Å². The Morgan fingerprint density at radius 3 is 2.85 bits per heavy atom. The lowest BCUT2D eigenvalue weighted by Gasteiger charge is -2.39. The molecule has 0 aliphatic carbocycles. The first-order chi connectivity index (χ1) is 9.58. The Labute approximate surface area is 118 Å². The van der Waals surface area contributed by atoms with Gasteiger partial charge in [-0.2, -0.15) is 5.10 Å². The molecule has 106 valence electrons. The van der Waals surface area contributed by atoms with Gasteiger partial charge in [0.25, 0.3) is 5.91 Å². The van der Waals surface area contributed by atoms with Gasteiger partial charge >= 0.3 is 0 Å². The number of nitrogens with zero attached hydrogens (tertiary/aromatic N) is 4. The van der Waals surface area contributed by atoms with Crippen LogP contribution in [0.1, 0.15) is 35.9 Å². The van der Waals surface area contributed by atoms with Crippen LogP contribution in [0.15, 0.2) is 30.7 Å². The monoisotopic (exact) mass is 272 g/mol. The number of hydrogen-bond acceptors (Lipinski definition) is 2. The van der Waals surface area contributed by atoms with Crippen molar-refractivity contribution >= 4 is 5.91 Å². The van der Waals surface area contributed by atoms with E-state index in [0.29, 0.717) is 11.5 Å². The van der Waals surface area contributed by atoms with E-state index in [4.69, 9.17) is 0 Å². The molecule has 3 heterocycles. The summed E-state index contributed by atoms with van der Waals surface area (Å²) in [6, 6.07) is 4.31. The second-order valence-electron chi connectivity index (χ2n) is 5.72. The van der Waals surface area contributed by atoms with E-state index in [9.17, 15) is 4.79 Å². The molecule has 1 atom stereocenters. The van der Waals surface area contributed by atoms with Crippen LogP contribution >= 0.6 is 0 Å². The van der Waals surface area contributed by atoms with Crippen LogP contribution < -0.4 is 0 Å². The summed E-state index contributed by atoms with van der Waals surface area (Å²) >= 11 is 0. The van der Waals surface area contributed by atoms with Crippen LogP contribution in [0.2, 0.25) is 0 Å². The minimum Gasteiger partial charge on any atom is -0.348 e. The predicted octanol–water partition coefficient (Wildman–Crippen LogP) is 2.07. The Morgan fingerprint density at radius 1 is 1.40 bits per heavy atom. The summed E-state index contributed by atoms with van der Waals surface area (Å²) in [5.74, 6) is 0.453. The average molecular weight is 272 g/mol. The SMILES string of the molecule is CC(C)C1c2cccn2CCN1C(=O)c1cnn(C)c1. The molecule has 0 aromatic carbocycles. The van der Waals surface area contributed by atoms with Gasteiger partial charge in [0.2, 0.25) is 0 Å². The zero-order valence-electron chi connectivity index (χ0n) is 12.2. The van der Waals surface area contributed by atoms with Crippen molar-refractivity contribution in [2.75, 3.05) is 6.54 Å². The number of aromatic nitrogens is 3. The first kappa shape index (κ1) is 13.0. The molecule has 0 saturated carbocycles. The van der Waals surface area contributed by atoms with Crippen molar-refractivity contribution in [3.8, 4) is 0 Å². The number of carbonyl (C=O) groups excluding carboxylic acids is 1. The Hall–Kier alpha value is -2.04. The van der Waals surface area contributed by atoms with E-state index in [2.05, 4.69) is 41.8 Å². The molecular formula is C15H20N4O. The van der Waals surface area contributed by atoms with Gasteiger partial charge in [-0.3, -0.25) is 9.48 Å². The highest BCUT2D eigenvalue weighted by Crippen LogP contribution is 2.33. The smallest absolute Gasteiger partial charge is 0.257 e. The van der Waals surface area contributed by atoms with Gasteiger partial charge in [-0.15, -0.1) is 0 Å². The number of amides is 1. The lowest BCUT2D eigenvalue weighted by molar-refractivity contribution is 0.0556. The molecule has 0 spiro atoms. The fraction of sp³-hybridized carbons (Fsp3) is 0.467. The summed E-state index contributed by atoms with van der Waals surface area (Å²) in [5, 5.41) is 4.10. The van der Waals surface area contributed by atoms with Crippen molar-refractivity contribution in [3.05, 3.63) is 42.0 Å². The van der Waals surface area contributed by atoms with Gasteiger partial charge in [0.1, 0.15) is 0 Å². The van der Waals surface area contributed by atoms with E-state index in [1.807, 2.05) is 11.9 Å². The van der Waals surface area contributed by atoms with Gasteiger partial charge in [-0.05, 0) is 18.1 Å². The summed E-state index contributed by atoms with van der Waals surface area (Å²) in [6.07, 6.45) is 5.53. The second kappa shape index (κ2) is 4.81. The molecule has 2 aromatic rings. The number of carbonyl (C=O) groups is 1. The zero-order chi connectivity index (χ0) is 14.3. The zero-order valence-corrected chi connectivity index (χ0v) is 12.2. The maximum absolute atomic E-state index is 12.7. The van der Waals surface area contributed by atoms with Gasteiger partial charge in [0.05, 0.1) is 17.8 Å². The molecule has 1 aliphatic rings. The second-order valence-corrected chi connectivity index (χ2v) is 5.72. The summed E-state index contributed by atoms with van der Waals surface area (Å²) < 4.78 is 3.92. The third-order valence-electron chi connectivity index (χ3n) is 3.93. The molecule has 2 aromatic heterocycles. The number of fused-ring (bicyclic) bond motifs is 1. The Bertz CT molecular complexity index is 625. The van der Waals surface area contributed by atoms with Gasteiger partial charge in [0, 0.05) is 38.2 Å². The van der Waals surface area contributed by atoms with Crippen LogP contribution in [-0.2, 0) is 13.6 Å². The van der Waals surface area contributed by atoms with Crippen LogP contribution in [0.3, 0.4) is 0 Å².